The predicted molar refractivity (Wildman–Crippen MR) is 94.6 cm³/mol. The molecule has 1 aromatic heterocycles. The van der Waals surface area contributed by atoms with E-state index in [1.165, 1.54) is 11.9 Å². The van der Waals surface area contributed by atoms with Gasteiger partial charge in [0, 0.05) is 30.3 Å². The van der Waals surface area contributed by atoms with Crippen molar-refractivity contribution in [2.24, 2.45) is 5.92 Å². The van der Waals surface area contributed by atoms with Crippen LogP contribution in [0.4, 0.5) is 11.5 Å². The second kappa shape index (κ2) is 7.38. The van der Waals surface area contributed by atoms with Gasteiger partial charge >= 0.3 is 0 Å². The zero-order valence-electron chi connectivity index (χ0n) is 14.6. The van der Waals surface area contributed by atoms with E-state index < -0.39 is 0 Å². The van der Waals surface area contributed by atoms with Crippen LogP contribution in [-0.2, 0) is 9.59 Å². The van der Waals surface area contributed by atoms with Crippen LogP contribution in [0.15, 0.2) is 34.9 Å². The first-order chi connectivity index (χ1) is 12.4. The van der Waals surface area contributed by atoms with Gasteiger partial charge in [-0.25, -0.2) is 0 Å². The molecule has 2 aromatic rings. The van der Waals surface area contributed by atoms with Gasteiger partial charge in [-0.05, 0) is 38.0 Å². The maximum Gasteiger partial charge on any atom is 0.254 e. The molecule has 0 bridgehead atoms. The van der Waals surface area contributed by atoms with Crippen LogP contribution >= 0.6 is 0 Å². The summed E-state index contributed by atoms with van der Waals surface area (Å²) in [7, 11) is 1.53. The third-order valence-corrected chi connectivity index (χ3v) is 3.95. The second-order valence-corrected chi connectivity index (χ2v) is 6.38. The number of hydrogen-bond acceptors (Lipinski definition) is 5. The molecule has 3 amide bonds. The largest absolute Gasteiger partial charge is 0.360 e. The molecule has 0 radical (unpaired) electrons. The van der Waals surface area contributed by atoms with Crippen molar-refractivity contribution in [3.8, 4) is 0 Å². The highest BCUT2D eigenvalue weighted by atomic mass is 16.5. The summed E-state index contributed by atoms with van der Waals surface area (Å²) >= 11 is 0. The number of carbonyl (C=O) groups excluding carboxylic acids is 3. The Morgan fingerprint density at radius 2 is 2.00 bits per heavy atom. The number of likely N-dealkylation sites (N-methyl/N-ethyl adjacent to an activating group) is 1. The van der Waals surface area contributed by atoms with Gasteiger partial charge in [0.2, 0.25) is 11.8 Å². The third kappa shape index (κ3) is 4.47. The van der Waals surface area contributed by atoms with Gasteiger partial charge in [-0.3, -0.25) is 14.4 Å². The van der Waals surface area contributed by atoms with E-state index in [2.05, 4.69) is 15.8 Å². The van der Waals surface area contributed by atoms with Crippen molar-refractivity contribution in [3.05, 3.63) is 41.7 Å². The molecule has 1 fully saturated rings. The smallest absolute Gasteiger partial charge is 0.254 e. The molecule has 0 aliphatic heterocycles. The molecule has 1 heterocycles. The lowest BCUT2D eigenvalue weighted by molar-refractivity contribution is -0.117. The molecule has 0 unspecified atom stereocenters. The minimum atomic E-state index is -0.382. The highest BCUT2D eigenvalue weighted by Crippen LogP contribution is 2.30. The predicted octanol–water partition coefficient (Wildman–Crippen LogP) is 2.04. The van der Waals surface area contributed by atoms with E-state index in [9.17, 15) is 14.4 Å². The Kier molecular flexibility index (Phi) is 5.01. The SMILES string of the molecule is Cc1cc(NC(=O)CN(C)C(=O)c2cccc(NC(=O)C3CC3)c2)no1. The van der Waals surface area contributed by atoms with Gasteiger partial charge in [-0.2, -0.15) is 0 Å². The van der Waals surface area contributed by atoms with Gasteiger partial charge in [0.25, 0.3) is 5.91 Å². The van der Waals surface area contributed by atoms with Gasteiger partial charge < -0.3 is 20.1 Å². The average Bonchev–Trinajstić information content (AvgIpc) is 3.38. The Labute approximate surface area is 150 Å². The first kappa shape index (κ1) is 17.7. The maximum absolute atomic E-state index is 12.5. The minimum Gasteiger partial charge on any atom is -0.360 e. The molecule has 1 aliphatic carbocycles. The lowest BCUT2D eigenvalue weighted by Crippen LogP contribution is -2.35. The van der Waals surface area contributed by atoms with Gasteiger partial charge in [-0.15, -0.1) is 0 Å². The molecule has 8 heteroatoms. The van der Waals surface area contributed by atoms with Crippen LogP contribution in [0.2, 0.25) is 0 Å². The van der Waals surface area contributed by atoms with E-state index >= 15 is 0 Å². The van der Waals surface area contributed by atoms with Crippen LogP contribution in [0.5, 0.6) is 0 Å². The van der Waals surface area contributed by atoms with Crippen molar-refractivity contribution in [1.82, 2.24) is 10.1 Å². The third-order valence-electron chi connectivity index (χ3n) is 3.95. The Hall–Kier alpha value is -3.16. The molecule has 0 saturated heterocycles. The summed E-state index contributed by atoms with van der Waals surface area (Å²) in [6, 6.07) is 8.27. The van der Waals surface area contributed by atoms with Crippen LogP contribution in [0, 0.1) is 12.8 Å². The molecule has 136 valence electrons. The molecular formula is C18H20N4O4. The highest BCUT2D eigenvalue weighted by Gasteiger charge is 2.29. The quantitative estimate of drug-likeness (QED) is 0.824. The summed E-state index contributed by atoms with van der Waals surface area (Å²) in [6.45, 7) is 1.58. The number of aryl methyl sites for hydroxylation is 1. The fraction of sp³-hybridized carbons (Fsp3) is 0.333. The van der Waals surface area contributed by atoms with Crippen LogP contribution in [0.25, 0.3) is 0 Å². The molecule has 1 aromatic carbocycles. The summed E-state index contributed by atoms with van der Waals surface area (Å²) in [6.07, 6.45) is 1.82. The number of amides is 3. The summed E-state index contributed by atoms with van der Waals surface area (Å²) in [5, 5.41) is 9.04. The van der Waals surface area contributed by atoms with Gasteiger partial charge in [0.05, 0.1) is 6.54 Å². The molecular weight excluding hydrogens is 336 g/mol. The van der Waals surface area contributed by atoms with Crippen molar-refractivity contribution in [2.75, 3.05) is 24.2 Å². The minimum absolute atomic E-state index is 0.0229. The number of nitrogens with zero attached hydrogens (tertiary/aromatic N) is 2. The molecule has 2 N–H and O–H groups in total. The number of aromatic nitrogens is 1. The van der Waals surface area contributed by atoms with E-state index in [0.29, 0.717) is 22.8 Å². The molecule has 3 rings (SSSR count). The summed E-state index contributed by atoms with van der Waals surface area (Å²) in [5.41, 5.74) is 0.967. The lowest BCUT2D eigenvalue weighted by Gasteiger charge is -2.17. The van der Waals surface area contributed by atoms with E-state index in [4.69, 9.17) is 4.52 Å². The molecule has 0 spiro atoms. The van der Waals surface area contributed by atoms with Crippen molar-refractivity contribution >= 4 is 29.2 Å². The number of rotatable bonds is 6. The lowest BCUT2D eigenvalue weighted by atomic mass is 10.1. The van der Waals surface area contributed by atoms with Crippen LogP contribution in [0.3, 0.4) is 0 Å². The zero-order valence-corrected chi connectivity index (χ0v) is 14.6. The molecule has 1 saturated carbocycles. The van der Waals surface area contributed by atoms with E-state index in [0.717, 1.165) is 12.8 Å². The molecule has 26 heavy (non-hydrogen) atoms. The molecule has 1 aliphatic rings. The van der Waals surface area contributed by atoms with Crippen molar-refractivity contribution < 1.29 is 18.9 Å². The Morgan fingerprint density at radius 3 is 2.65 bits per heavy atom. The zero-order chi connectivity index (χ0) is 18.7. The van der Waals surface area contributed by atoms with Gasteiger partial charge in [0.15, 0.2) is 5.82 Å². The first-order valence-electron chi connectivity index (χ1n) is 8.32. The highest BCUT2D eigenvalue weighted by molar-refractivity contribution is 6.00. The normalized spacial score (nSPS) is 13.2. The maximum atomic E-state index is 12.5. The Morgan fingerprint density at radius 1 is 1.23 bits per heavy atom. The number of benzene rings is 1. The molecule has 8 nitrogen and oxygen atoms in total. The van der Waals surface area contributed by atoms with Crippen LogP contribution in [0.1, 0.15) is 29.0 Å². The van der Waals surface area contributed by atoms with E-state index in [1.807, 2.05) is 0 Å². The first-order valence-corrected chi connectivity index (χ1v) is 8.32. The van der Waals surface area contributed by atoms with Crippen molar-refractivity contribution in [1.29, 1.82) is 0 Å². The Bertz CT molecular complexity index is 841. The topological polar surface area (TPSA) is 105 Å². The summed E-state index contributed by atoms with van der Waals surface area (Å²) in [5.74, 6) is 0.241. The fourth-order valence-corrected chi connectivity index (χ4v) is 2.44. The van der Waals surface area contributed by atoms with Crippen molar-refractivity contribution in [2.45, 2.75) is 19.8 Å². The fourth-order valence-electron chi connectivity index (χ4n) is 2.44. The number of carbonyl (C=O) groups is 3. The summed E-state index contributed by atoms with van der Waals surface area (Å²) in [4.78, 5) is 37.7. The average molecular weight is 356 g/mol. The van der Waals surface area contributed by atoms with Crippen LogP contribution in [-0.4, -0.2) is 41.4 Å². The number of hydrogen-bond donors (Lipinski definition) is 2. The summed E-state index contributed by atoms with van der Waals surface area (Å²) < 4.78 is 4.87. The van der Waals surface area contributed by atoms with Crippen LogP contribution < -0.4 is 10.6 Å². The van der Waals surface area contributed by atoms with E-state index in [1.54, 1.807) is 37.3 Å². The monoisotopic (exact) mass is 356 g/mol. The van der Waals surface area contributed by atoms with Gasteiger partial charge in [-0.1, -0.05) is 11.2 Å². The van der Waals surface area contributed by atoms with Crippen molar-refractivity contribution in [3.63, 3.8) is 0 Å². The van der Waals surface area contributed by atoms with E-state index in [-0.39, 0.29) is 30.2 Å². The number of nitrogens with one attached hydrogen (secondary N) is 2. The molecule has 0 atom stereocenters. The Balaban J connectivity index is 1.58. The second-order valence-electron chi connectivity index (χ2n) is 6.38. The number of anilines is 2. The standard InChI is InChI=1S/C18H20N4O4/c1-11-8-15(21-26-11)20-16(23)10-22(2)18(25)13-4-3-5-14(9-13)19-17(24)12-6-7-12/h3-5,8-9,12H,6-7,10H2,1-2H3,(H,19,24)(H,20,21,23). The van der Waals surface area contributed by atoms with Gasteiger partial charge in [0.1, 0.15) is 5.76 Å².